The quantitative estimate of drug-likeness (QED) is 0.736. The number of anilines is 1. The highest BCUT2D eigenvalue weighted by Crippen LogP contribution is 2.26. The number of fused-ring (bicyclic) bond motifs is 1. The highest BCUT2D eigenvalue weighted by molar-refractivity contribution is 6.32. The van der Waals surface area contributed by atoms with E-state index in [0.717, 1.165) is 10.9 Å². The lowest BCUT2D eigenvalue weighted by Crippen LogP contribution is -2.01. The fourth-order valence-electron chi connectivity index (χ4n) is 1.94. The van der Waals surface area contributed by atoms with Gasteiger partial charge in [0.15, 0.2) is 5.82 Å². The number of rotatable bonds is 1. The number of halogens is 1. The van der Waals surface area contributed by atoms with Gasteiger partial charge in [0.25, 0.3) is 0 Å². The zero-order chi connectivity index (χ0) is 13.4. The fourth-order valence-corrected chi connectivity index (χ4v) is 2.07. The molecule has 0 amide bonds. The van der Waals surface area contributed by atoms with Gasteiger partial charge < -0.3 is 5.73 Å². The Balaban J connectivity index is 2.41. The molecule has 3 aromatic rings. The molecule has 0 bridgehead atoms. The van der Waals surface area contributed by atoms with E-state index in [9.17, 15) is 5.26 Å². The van der Waals surface area contributed by atoms with Crippen molar-refractivity contribution in [3.8, 4) is 11.8 Å². The van der Waals surface area contributed by atoms with Crippen LogP contribution in [-0.4, -0.2) is 14.8 Å². The lowest BCUT2D eigenvalue weighted by atomic mass is 10.1. The van der Waals surface area contributed by atoms with Gasteiger partial charge in [0.2, 0.25) is 0 Å². The van der Waals surface area contributed by atoms with Gasteiger partial charge in [0, 0.05) is 11.6 Å². The van der Waals surface area contributed by atoms with Crippen molar-refractivity contribution in [3.05, 3.63) is 47.2 Å². The first-order chi connectivity index (χ1) is 9.20. The first-order valence-electron chi connectivity index (χ1n) is 5.49. The molecule has 2 N–H and O–H groups in total. The van der Waals surface area contributed by atoms with Gasteiger partial charge in [-0.2, -0.15) is 5.26 Å². The van der Waals surface area contributed by atoms with E-state index in [1.165, 1.54) is 10.9 Å². The minimum Gasteiger partial charge on any atom is -0.381 e. The number of pyridine rings is 1. The molecular formula is C13H8ClN5. The number of hydrogen-bond donors (Lipinski definition) is 1. The number of nitrogens with two attached hydrogens (primary N) is 1. The van der Waals surface area contributed by atoms with Crippen molar-refractivity contribution in [3.63, 3.8) is 0 Å². The highest BCUT2D eigenvalue weighted by atomic mass is 35.5. The molecule has 0 aliphatic carbocycles. The van der Waals surface area contributed by atoms with Crippen molar-refractivity contribution < 1.29 is 0 Å². The third-order valence-corrected chi connectivity index (χ3v) is 3.08. The summed E-state index contributed by atoms with van der Waals surface area (Å²) in [5.74, 6) is 0.228. The molecule has 0 unspecified atom stereocenters. The molecule has 6 heteroatoms. The second-order valence-electron chi connectivity index (χ2n) is 3.96. The van der Waals surface area contributed by atoms with E-state index >= 15 is 0 Å². The normalized spacial score (nSPS) is 10.5. The molecule has 0 atom stereocenters. The van der Waals surface area contributed by atoms with Gasteiger partial charge >= 0.3 is 0 Å². The van der Waals surface area contributed by atoms with Crippen LogP contribution in [0.5, 0.6) is 0 Å². The summed E-state index contributed by atoms with van der Waals surface area (Å²) in [5.41, 5.74) is 7.48. The summed E-state index contributed by atoms with van der Waals surface area (Å²) in [4.78, 5) is 4.24. The van der Waals surface area contributed by atoms with Gasteiger partial charge in [-0.1, -0.05) is 29.8 Å². The maximum absolute atomic E-state index is 9.22. The average Bonchev–Trinajstić information content (AvgIpc) is 2.77. The van der Waals surface area contributed by atoms with Crippen molar-refractivity contribution in [1.82, 2.24) is 14.8 Å². The Morgan fingerprint density at radius 3 is 2.79 bits per heavy atom. The predicted molar refractivity (Wildman–Crippen MR) is 73.0 cm³/mol. The number of nitriles is 1. The molecule has 0 spiro atoms. The molecule has 0 saturated carbocycles. The van der Waals surface area contributed by atoms with E-state index in [2.05, 4.69) is 16.2 Å². The van der Waals surface area contributed by atoms with Crippen LogP contribution in [0.25, 0.3) is 16.6 Å². The molecule has 0 radical (unpaired) electrons. The predicted octanol–water partition coefficient (Wildman–Crippen LogP) is 2.53. The molecule has 0 aliphatic heterocycles. The minimum absolute atomic E-state index is 0.228. The SMILES string of the molecule is N#Cc1cnc2ccccc2c1-n1cc(Cl)c(N)n1. The largest absolute Gasteiger partial charge is 0.381 e. The number of nitrogens with zero attached hydrogens (tertiary/aromatic N) is 4. The fraction of sp³-hybridized carbons (Fsp3) is 0. The van der Waals surface area contributed by atoms with Crippen LogP contribution in [0.1, 0.15) is 5.56 Å². The summed E-state index contributed by atoms with van der Waals surface area (Å²) >= 11 is 5.92. The first-order valence-corrected chi connectivity index (χ1v) is 5.87. The lowest BCUT2D eigenvalue weighted by molar-refractivity contribution is 0.888. The molecule has 2 aromatic heterocycles. The van der Waals surface area contributed by atoms with Crippen molar-refractivity contribution in [2.75, 3.05) is 5.73 Å². The summed E-state index contributed by atoms with van der Waals surface area (Å²) < 4.78 is 1.51. The van der Waals surface area contributed by atoms with Crippen molar-refractivity contribution in [2.24, 2.45) is 0 Å². The Kier molecular flexibility index (Phi) is 2.58. The summed E-state index contributed by atoms with van der Waals surface area (Å²) in [6, 6.07) is 9.62. The summed E-state index contributed by atoms with van der Waals surface area (Å²) in [6.07, 6.45) is 3.10. The van der Waals surface area contributed by atoms with Gasteiger partial charge in [0.1, 0.15) is 11.1 Å². The van der Waals surface area contributed by atoms with Gasteiger partial charge in [-0.3, -0.25) is 4.98 Å². The van der Waals surface area contributed by atoms with Crippen LogP contribution in [-0.2, 0) is 0 Å². The zero-order valence-electron chi connectivity index (χ0n) is 9.71. The molecule has 2 heterocycles. The molecule has 0 aliphatic rings. The van der Waals surface area contributed by atoms with Crippen molar-refractivity contribution in [1.29, 1.82) is 5.26 Å². The van der Waals surface area contributed by atoms with Crippen LogP contribution >= 0.6 is 11.6 Å². The Morgan fingerprint density at radius 2 is 2.11 bits per heavy atom. The van der Waals surface area contributed by atoms with Crippen molar-refractivity contribution in [2.45, 2.75) is 0 Å². The number of para-hydroxylation sites is 1. The van der Waals surface area contributed by atoms with Crippen LogP contribution in [0.4, 0.5) is 5.82 Å². The molecular weight excluding hydrogens is 262 g/mol. The molecule has 3 rings (SSSR count). The van der Waals surface area contributed by atoms with E-state index in [1.807, 2.05) is 24.3 Å². The molecule has 1 aromatic carbocycles. The van der Waals surface area contributed by atoms with Crippen LogP contribution in [0.2, 0.25) is 5.02 Å². The maximum Gasteiger partial charge on any atom is 0.164 e. The number of benzene rings is 1. The van der Waals surface area contributed by atoms with Gasteiger partial charge in [-0.25, -0.2) is 4.68 Å². The first kappa shape index (κ1) is 11.5. The van der Waals surface area contributed by atoms with Crippen LogP contribution < -0.4 is 5.73 Å². The van der Waals surface area contributed by atoms with E-state index in [-0.39, 0.29) is 5.82 Å². The third kappa shape index (κ3) is 1.79. The highest BCUT2D eigenvalue weighted by Gasteiger charge is 2.13. The van der Waals surface area contributed by atoms with Crippen LogP contribution in [0, 0.1) is 11.3 Å². The monoisotopic (exact) mass is 269 g/mol. The maximum atomic E-state index is 9.22. The molecule has 5 nitrogen and oxygen atoms in total. The third-order valence-electron chi connectivity index (χ3n) is 2.79. The average molecular weight is 270 g/mol. The van der Waals surface area contributed by atoms with E-state index in [4.69, 9.17) is 17.3 Å². The standard InChI is InChI=1S/C13H8ClN5/c14-10-7-19(18-13(10)16)12-8(5-15)6-17-11-4-2-1-3-9(11)12/h1-4,6-7H,(H2,16,18). The van der Waals surface area contributed by atoms with Gasteiger partial charge in [-0.05, 0) is 6.07 Å². The molecule has 92 valence electrons. The molecule has 19 heavy (non-hydrogen) atoms. The Hall–Kier alpha value is -2.58. The Labute approximate surface area is 113 Å². The topological polar surface area (TPSA) is 80.5 Å². The van der Waals surface area contributed by atoms with Gasteiger partial charge in [0.05, 0.1) is 23.0 Å². The van der Waals surface area contributed by atoms with Gasteiger partial charge in [-0.15, -0.1) is 5.10 Å². The lowest BCUT2D eigenvalue weighted by Gasteiger charge is -2.07. The van der Waals surface area contributed by atoms with E-state index in [0.29, 0.717) is 16.3 Å². The summed E-state index contributed by atoms with van der Waals surface area (Å²) in [5, 5.41) is 14.5. The summed E-state index contributed by atoms with van der Waals surface area (Å²) in [6.45, 7) is 0. The second kappa shape index (κ2) is 4.26. The Morgan fingerprint density at radius 1 is 1.32 bits per heavy atom. The smallest absolute Gasteiger partial charge is 0.164 e. The number of nitrogen functional groups attached to an aromatic ring is 1. The van der Waals surface area contributed by atoms with E-state index < -0.39 is 0 Å². The number of hydrogen-bond acceptors (Lipinski definition) is 4. The van der Waals surface area contributed by atoms with Crippen LogP contribution in [0.15, 0.2) is 36.7 Å². The molecule has 0 saturated heterocycles. The minimum atomic E-state index is 0.228. The second-order valence-corrected chi connectivity index (χ2v) is 4.36. The van der Waals surface area contributed by atoms with E-state index in [1.54, 1.807) is 6.20 Å². The van der Waals surface area contributed by atoms with Crippen molar-refractivity contribution >= 4 is 28.3 Å². The zero-order valence-corrected chi connectivity index (χ0v) is 10.5. The van der Waals surface area contributed by atoms with Crippen LogP contribution in [0.3, 0.4) is 0 Å². The summed E-state index contributed by atoms with van der Waals surface area (Å²) in [7, 11) is 0. The molecule has 0 fully saturated rings. The number of aromatic nitrogens is 3. The Bertz CT molecular complexity index is 796.